The molecule has 1 fully saturated rings. The summed E-state index contributed by atoms with van der Waals surface area (Å²) in [5.74, 6) is 0. The Bertz CT molecular complexity index is 303. The second-order valence-electron chi connectivity index (χ2n) is 5.47. The van der Waals surface area contributed by atoms with Gasteiger partial charge in [0.1, 0.15) is 0 Å². The summed E-state index contributed by atoms with van der Waals surface area (Å²) in [4.78, 5) is 4.76. The second-order valence-corrected chi connectivity index (χ2v) is 5.47. The first-order valence-corrected chi connectivity index (χ1v) is 5.40. The molecule has 1 rings (SSSR count). The summed E-state index contributed by atoms with van der Waals surface area (Å²) in [5.41, 5.74) is 4.62. The van der Waals surface area contributed by atoms with Crippen LogP contribution in [0.1, 0.15) is 54.9 Å². The van der Waals surface area contributed by atoms with Crippen LogP contribution < -0.4 is 0 Å². The first kappa shape index (κ1) is 11.5. The molecule has 1 saturated carbocycles. The van der Waals surface area contributed by atoms with E-state index in [0.29, 0.717) is 5.41 Å². The third kappa shape index (κ3) is 1.65. The molecule has 0 aromatic rings. The molecule has 0 saturated heterocycles. The Hall–Kier alpha value is -0.590. The fourth-order valence-corrected chi connectivity index (χ4v) is 2.39. The first-order valence-electron chi connectivity index (χ1n) is 5.40. The van der Waals surface area contributed by atoms with Crippen molar-refractivity contribution in [1.29, 1.82) is 0 Å². The molecule has 0 radical (unpaired) electrons. The van der Waals surface area contributed by atoms with Gasteiger partial charge in [-0.3, -0.25) is 4.99 Å². The van der Waals surface area contributed by atoms with E-state index in [-0.39, 0.29) is 5.54 Å². The highest BCUT2D eigenvalue weighted by molar-refractivity contribution is 5.80. The Morgan fingerprint density at radius 1 is 1.00 bits per heavy atom. The second kappa shape index (κ2) is 3.22. The highest BCUT2D eigenvalue weighted by Crippen LogP contribution is 2.63. The molecule has 0 spiro atoms. The van der Waals surface area contributed by atoms with E-state index in [1.54, 1.807) is 0 Å². The van der Waals surface area contributed by atoms with Crippen LogP contribution in [0.2, 0.25) is 0 Å². The SMILES string of the molecule is CC(C)=NC1(C)CC1(C)C(C)=C(C)C. The predicted octanol–water partition coefficient (Wildman–Crippen LogP) is 3.99. The molecule has 0 amide bonds. The van der Waals surface area contributed by atoms with Crippen LogP contribution in [0.3, 0.4) is 0 Å². The zero-order valence-corrected chi connectivity index (χ0v) is 10.7. The van der Waals surface area contributed by atoms with E-state index >= 15 is 0 Å². The summed E-state index contributed by atoms with van der Waals surface area (Å²) in [7, 11) is 0. The molecule has 0 heterocycles. The van der Waals surface area contributed by atoms with Crippen LogP contribution in [0, 0.1) is 5.41 Å². The van der Waals surface area contributed by atoms with Crippen molar-refractivity contribution >= 4 is 5.71 Å². The van der Waals surface area contributed by atoms with Crippen LogP contribution >= 0.6 is 0 Å². The standard InChI is InChI=1S/C13H23N/c1-9(2)11(5)12(6)8-13(12,7)14-10(3)4/h8H2,1-7H3. The third-order valence-corrected chi connectivity index (χ3v) is 3.81. The molecule has 0 aliphatic heterocycles. The van der Waals surface area contributed by atoms with Crippen molar-refractivity contribution in [2.24, 2.45) is 10.4 Å². The van der Waals surface area contributed by atoms with E-state index in [1.807, 2.05) is 0 Å². The Labute approximate surface area is 88.3 Å². The summed E-state index contributed by atoms with van der Waals surface area (Å²) in [6, 6.07) is 0. The summed E-state index contributed by atoms with van der Waals surface area (Å²) in [6.07, 6.45) is 1.20. The van der Waals surface area contributed by atoms with Crippen molar-refractivity contribution in [1.82, 2.24) is 0 Å². The predicted molar refractivity (Wildman–Crippen MR) is 64.0 cm³/mol. The number of hydrogen-bond acceptors (Lipinski definition) is 1. The van der Waals surface area contributed by atoms with Gasteiger partial charge in [-0.1, -0.05) is 18.1 Å². The lowest BCUT2D eigenvalue weighted by Crippen LogP contribution is -2.14. The molecule has 14 heavy (non-hydrogen) atoms. The molecule has 0 aromatic carbocycles. The van der Waals surface area contributed by atoms with Crippen LogP contribution in [0.15, 0.2) is 16.1 Å². The van der Waals surface area contributed by atoms with E-state index in [4.69, 9.17) is 4.99 Å². The minimum atomic E-state index is 0.160. The van der Waals surface area contributed by atoms with Crippen LogP contribution in [0.5, 0.6) is 0 Å². The van der Waals surface area contributed by atoms with Gasteiger partial charge in [0.05, 0.1) is 5.54 Å². The number of allylic oxidation sites excluding steroid dienone is 1. The van der Waals surface area contributed by atoms with Gasteiger partial charge in [0.2, 0.25) is 0 Å². The highest BCUT2D eigenvalue weighted by atomic mass is 15.0. The topological polar surface area (TPSA) is 12.4 Å². The first-order chi connectivity index (χ1) is 6.23. The smallest absolute Gasteiger partial charge is 0.0679 e. The number of hydrogen-bond donors (Lipinski definition) is 0. The lowest BCUT2D eigenvalue weighted by molar-refractivity contribution is 0.548. The minimum absolute atomic E-state index is 0.160. The van der Waals surface area contributed by atoms with Gasteiger partial charge in [0.25, 0.3) is 0 Å². The fourth-order valence-electron chi connectivity index (χ4n) is 2.39. The van der Waals surface area contributed by atoms with Gasteiger partial charge in [-0.2, -0.15) is 0 Å². The lowest BCUT2D eigenvalue weighted by atomic mass is 9.91. The van der Waals surface area contributed by atoms with Crippen LogP contribution in [0.4, 0.5) is 0 Å². The Morgan fingerprint density at radius 3 is 1.86 bits per heavy atom. The molecule has 0 N–H and O–H groups in total. The molecule has 1 nitrogen and oxygen atoms in total. The summed E-state index contributed by atoms with van der Waals surface area (Å²) in [5, 5.41) is 0. The molecular formula is C13H23N. The van der Waals surface area contributed by atoms with Crippen molar-refractivity contribution in [3.05, 3.63) is 11.1 Å². The quantitative estimate of drug-likeness (QED) is 0.464. The van der Waals surface area contributed by atoms with E-state index < -0.39 is 0 Å². The zero-order valence-electron chi connectivity index (χ0n) is 10.7. The molecule has 1 heteroatoms. The van der Waals surface area contributed by atoms with E-state index in [1.165, 1.54) is 23.3 Å². The molecule has 2 unspecified atom stereocenters. The number of aliphatic imine (C=N–C) groups is 1. The molecule has 0 aromatic heterocycles. The number of nitrogens with zero attached hydrogens (tertiary/aromatic N) is 1. The van der Waals surface area contributed by atoms with Gasteiger partial charge in [0.15, 0.2) is 0 Å². The van der Waals surface area contributed by atoms with Gasteiger partial charge in [0, 0.05) is 11.1 Å². The summed E-state index contributed by atoms with van der Waals surface area (Å²) in [6.45, 7) is 15.4. The third-order valence-electron chi connectivity index (χ3n) is 3.81. The Kier molecular flexibility index (Phi) is 2.64. The molecule has 0 bridgehead atoms. The van der Waals surface area contributed by atoms with E-state index in [0.717, 1.165) is 0 Å². The number of rotatable bonds is 2. The fraction of sp³-hybridized carbons (Fsp3) is 0.769. The maximum absolute atomic E-state index is 4.76. The van der Waals surface area contributed by atoms with Gasteiger partial charge < -0.3 is 0 Å². The van der Waals surface area contributed by atoms with Gasteiger partial charge in [-0.05, 0) is 48.0 Å². The molecule has 1 aliphatic carbocycles. The maximum atomic E-state index is 4.76. The maximum Gasteiger partial charge on any atom is 0.0679 e. The van der Waals surface area contributed by atoms with Gasteiger partial charge in [-0.25, -0.2) is 0 Å². The summed E-state index contributed by atoms with van der Waals surface area (Å²) < 4.78 is 0. The molecule has 1 aliphatic rings. The average molecular weight is 193 g/mol. The van der Waals surface area contributed by atoms with Crippen molar-refractivity contribution in [2.45, 2.75) is 60.4 Å². The van der Waals surface area contributed by atoms with Crippen LogP contribution in [-0.4, -0.2) is 11.3 Å². The molecular weight excluding hydrogens is 170 g/mol. The van der Waals surface area contributed by atoms with E-state index in [2.05, 4.69) is 48.5 Å². The van der Waals surface area contributed by atoms with Gasteiger partial charge >= 0.3 is 0 Å². The minimum Gasteiger partial charge on any atom is -0.287 e. The lowest BCUT2D eigenvalue weighted by Gasteiger charge is -2.18. The largest absolute Gasteiger partial charge is 0.287 e. The van der Waals surface area contributed by atoms with Crippen LogP contribution in [-0.2, 0) is 0 Å². The Morgan fingerprint density at radius 2 is 1.50 bits per heavy atom. The molecule has 80 valence electrons. The van der Waals surface area contributed by atoms with Crippen molar-refractivity contribution < 1.29 is 0 Å². The molecule has 2 atom stereocenters. The van der Waals surface area contributed by atoms with Crippen molar-refractivity contribution in [3.8, 4) is 0 Å². The monoisotopic (exact) mass is 193 g/mol. The van der Waals surface area contributed by atoms with E-state index in [9.17, 15) is 0 Å². The summed E-state index contributed by atoms with van der Waals surface area (Å²) >= 11 is 0. The van der Waals surface area contributed by atoms with Crippen molar-refractivity contribution in [3.63, 3.8) is 0 Å². The highest BCUT2D eigenvalue weighted by Gasteiger charge is 2.62. The van der Waals surface area contributed by atoms with Gasteiger partial charge in [-0.15, -0.1) is 0 Å². The Balaban J connectivity index is 2.97. The average Bonchev–Trinajstić information content (AvgIpc) is 2.51. The normalized spacial score (nSPS) is 35.1. The zero-order chi connectivity index (χ0) is 11.1. The van der Waals surface area contributed by atoms with Crippen LogP contribution in [0.25, 0.3) is 0 Å². The van der Waals surface area contributed by atoms with Crippen molar-refractivity contribution in [2.75, 3.05) is 0 Å².